The van der Waals surface area contributed by atoms with Crippen molar-refractivity contribution in [3.8, 4) is 11.8 Å². The summed E-state index contributed by atoms with van der Waals surface area (Å²) in [5.74, 6) is -0.351. The lowest BCUT2D eigenvalue weighted by molar-refractivity contribution is -0.136. The summed E-state index contributed by atoms with van der Waals surface area (Å²) in [6.45, 7) is 1.89. The van der Waals surface area contributed by atoms with Gasteiger partial charge in [-0.3, -0.25) is 4.79 Å². The first-order valence-corrected chi connectivity index (χ1v) is 5.41. The number of nitrogens with zero attached hydrogens (tertiary/aromatic N) is 2. The Hall–Kier alpha value is -2.43. The van der Waals surface area contributed by atoms with Crippen LogP contribution in [0.15, 0.2) is 36.7 Å². The summed E-state index contributed by atoms with van der Waals surface area (Å²) in [7, 11) is 0. The minimum Gasteiger partial charge on any atom is -0.481 e. The third-order valence-corrected chi connectivity index (χ3v) is 2.22. The maximum Gasteiger partial charge on any atom is 0.321 e. The van der Waals surface area contributed by atoms with Crippen LogP contribution in [0.4, 0.5) is 0 Å². The monoisotopic (exact) mass is 244 g/mol. The summed E-state index contributed by atoms with van der Waals surface area (Å²) in [4.78, 5) is 18.6. The molecule has 1 aromatic heterocycles. The van der Waals surface area contributed by atoms with Crippen molar-refractivity contribution in [3.05, 3.63) is 47.8 Å². The van der Waals surface area contributed by atoms with Crippen molar-refractivity contribution in [1.82, 2.24) is 9.97 Å². The molecule has 0 radical (unpaired) electrons. The van der Waals surface area contributed by atoms with E-state index in [0.717, 1.165) is 5.56 Å². The molecule has 0 aliphatic carbocycles. The van der Waals surface area contributed by atoms with Gasteiger partial charge in [-0.25, -0.2) is 9.97 Å². The molecule has 1 heterocycles. The van der Waals surface area contributed by atoms with Crippen molar-refractivity contribution in [2.24, 2.45) is 0 Å². The smallest absolute Gasteiger partial charge is 0.321 e. The van der Waals surface area contributed by atoms with Gasteiger partial charge in [0.2, 0.25) is 0 Å². The minimum atomic E-state index is -0.876. The van der Waals surface area contributed by atoms with Gasteiger partial charge >= 0.3 is 12.0 Å². The van der Waals surface area contributed by atoms with Crippen LogP contribution >= 0.6 is 0 Å². The van der Waals surface area contributed by atoms with E-state index in [9.17, 15) is 4.79 Å². The highest BCUT2D eigenvalue weighted by molar-refractivity contribution is 5.70. The van der Waals surface area contributed by atoms with Gasteiger partial charge < -0.3 is 9.84 Å². The summed E-state index contributed by atoms with van der Waals surface area (Å²) < 4.78 is 5.44. The maximum atomic E-state index is 10.6. The van der Waals surface area contributed by atoms with Gasteiger partial charge in [0, 0.05) is 12.4 Å². The molecule has 5 heteroatoms. The lowest BCUT2D eigenvalue weighted by Gasteiger charge is -2.05. The average molecular weight is 244 g/mol. The van der Waals surface area contributed by atoms with Crippen LogP contribution in [0.25, 0.3) is 0 Å². The highest BCUT2D eigenvalue weighted by atomic mass is 16.5. The van der Waals surface area contributed by atoms with E-state index >= 15 is 0 Å². The number of aliphatic carboxylic acids is 1. The molecular weight excluding hydrogens is 232 g/mol. The zero-order valence-electron chi connectivity index (χ0n) is 9.83. The first-order chi connectivity index (χ1) is 8.63. The van der Waals surface area contributed by atoms with E-state index in [-0.39, 0.29) is 12.4 Å². The number of carboxylic acids is 1. The van der Waals surface area contributed by atoms with Crippen molar-refractivity contribution in [3.63, 3.8) is 0 Å². The van der Waals surface area contributed by atoms with Crippen LogP contribution < -0.4 is 4.74 Å². The average Bonchev–Trinajstić information content (AvgIpc) is 2.32. The standard InChI is InChI=1S/C13H12N2O3/c1-9-7-14-13(15-8-9)18-11-4-2-3-10(5-11)6-12(16)17/h2-5,7-8H,6H2,1H3,(H,16,17). The first-order valence-electron chi connectivity index (χ1n) is 5.41. The van der Waals surface area contributed by atoms with Crippen molar-refractivity contribution in [1.29, 1.82) is 0 Å². The van der Waals surface area contributed by atoms with E-state index in [1.54, 1.807) is 36.7 Å². The number of benzene rings is 1. The Labute approximate surface area is 104 Å². The quantitative estimate of drug-likeness (QED) is 0.892. The molecule has 0 amide bonds. The molecule has 2 rings (SSSR count). The fourth-order valence-electron chi connectivity index (χ4n) is 1.43. The Balaban J connectivity index is 2.13. The van der Waals surface area contributed by atoms with Crippen LogP contribution in [0.5, 0.6) is 11.8 Å². The summed E-state index contributed by atoms with van der Waals surface area (Å²) in [5.41, 5.74) is 1.62. The number of aryl methyl sites for hydroxylation is 1. The van der Waals surface area contributed by atoms with Crippen molar-refractivity contribution in [2.75, 3.05) is 0 Å². The van der Waals surface area contributed by atoms with Crippen molar-refractivity contribution < 1.29 is 14.6 Å². The molecule has 0 aliphatic rings. The van der Waals surface area contributed by atoms with Gasteiger partial charge in [0.25, 0.3) is 0 Å². The van der Waals surface area contributed by atoms with Crippen LogP contribution in [0.1, 0.15) is 11.1 Å². The highest BCUT2D eigenvalue weighted by Crippen LogP contribution is 2.19. The Bertz CT molecular complexity index is 552. The van der Waals surface area contributed by atoms with Gasteiger partial charge in [-0.05, 0) is 30.2 Å². The fraction of sp³-hybridized carbons (Fsp3) is 0.154. The first kappa shape index (κ1) is 12.0. The van der Waals surface area contributed by atoms with E-state index in [1.807, 2.05) is 6.92 Å². The second-order valence-corrected chi connectivity index (χ2v) is 3.86. The van der Waals surface area contributed by atoms with Crippen molar-refractivity contribution in [2.45, 2.75) is 13.3 Å². The zero-order chi connectivity index (χ0) is 13.0. The molecule has 0 fully saturated rings. The number of rotatable bonds is 4. The maximum absolute atomic E-state index is 10.6. The lowest BCUT2D eigenvalue weighted by atomic mass is 10.1. The molecule has 5 nitrogen and oxygen atoms in total. The Morgan fingerprint density at radius 2 is 2.06 bits per heavy atom. The molecule has 0 saturated heterocycles. The number of carboxylic acid groups (broad SMARTS) is 1. The van der Waals surface area contributed by atoms with Crippen LogP contribution in [0.3, 0.4) is 0 Å². The molecule has 0 bridgehead atoms. The van der Waals surface area contributed by atoms with Gasteiger partial charge in [-0.2, -0.15) is 0 Å². The van der Waals surface area contributed by atoms with Crippen LogP contribution in [-0.4, -0.2) is 21.0 Å². The van der Waals surface area contributed by atoms with Crippen LogP contribution in [0.2, 0.25) is 0 Å². The Kier molecular flexibility index (Phi) is 3.52. The van der Waals surface area contributed by atoms with E-state index in [0.29, 0.717) is 11.3 Å². The molecule has 92 valence electrons. The number of aromatic nitrogens is 2. The van der Waals surface area contributed by atoms with Gasteiger partial charge in [0.05, 0.1) is 6.42 Å². The molecule has 0 spiro atoms. The molecule has 0 unspecified atom stereocenters. The normalized spacial score (nSPS) is 10.1. The third-order valence-electron chi connectivity index (χ3n) is 2.22. The summed E-state index contributed by atoms with van der Waals surface area (Å²) in [6.07, 6.45) is 3.28. The van der Waals surface area contributed by atoms with E-state index in [2.05, 4.69) is 9.97 Å². The predicted octanol–water partition coefficient (Wildman–Crippen LogP) is 2.20. The summed E-state index contributed by atoms with van der Waals surface area (Å²) >= 11 is 0. The van der Waals surface area contributed by atoms with Crippen LogP contribution in [0, 0.1) is 6.92 Å². The zero-order valence-corrected chi connectivity index (χ0v) is 9.83. The number of hydrogen-bond acceptors (Lipinski definition) is 4. The summed E-state index contributed by atoms with van der Waals surface area (Å²) in [6, 6.07) is 7.11. The number of ether oxygens (including phenoxy) is 1. The fourth-order valence-corrected chi connectivity index (χ4v) is 1.43. The molecule has 2 aromatic rings. The third kappa shape index (κ3) is 3.28. The lowest BCUT2D eigenvalue weighted by Crippen LogP contribution is -2.00. The number of hydrogen-bond donors (Lipinski definition) is 1. The van der Waals surface area contributed by atoms with Crippen molar-refractivity contribution >= 4 is 5.97 Å². The topological polar surface area (TPSA) is 72.3 Å². The SMILES string of the molecule is Cc1cnc(Oc2cccc(CC(=O)O)c2)nc1. The molecule has 1 N–H and O–H groups in total. The van der Waals surface area contributed by atoms with Gasteiger partial charge in [0.1, 0.15) is 5.75 Å². The molecule has 0 aliphatic heterocycles. The molecular formula is C13H12N2O3. The summed E-state index contributed by atoms with van der Waals surface area (Å²) in [5, 5.41) is 8.71. The molecule has 0 atom stereocenters. The van der Waals surface area contributed by atoms with E-state index < -0.39 is 5.97 Å². The van der Waals surface area contributed by atoms with Gasteiger partial charge in [0.15, 0.2) is 0 Å². The molecule has 0 saturated carbocycles. The Morgan fingerprint density at radius 3 is 2.72 bits per heavy atom. The predicted molar refractivity (Wildman–Crippen MR) is 64.6 cm³/mol. The Morgan fingerprint density at radius 1 is 1.33 bits per heavy atom. The second kappa shape index (κ2) is 5.27. The minimum absolute atomic E-state index is 0.0358. The molecule has 18 heavy (non-hydrogen) atoms. The largest absolute Gasteiger partial charge is 0.481 e. The number of carbonyl (C=O) groups is 1. The highest BCUT2D eigenvalue weighted by Gasteiger charge is 2.04. The second-order valence-electron chi connectivity index (χ2n) is 3.86. The van der Waals surface area contributed by atoms with Gasteiger partial charge in [-0.1, -0.05) is 12.1 Å². The van der Waals surface area contributed by atoms with E-state index in [4.69, 9.17) is 9.84 Å². The van der Waals surface area contributed by atoms with Crippen LogP contribution in [-0.2, 0) is 11.2 Å². The molecule has 1 aromatic carbocycles. The van der Waals surface area contributed by atoms with Gasteiger partial charge in [-0.15, -0.1) is 0 Å². The van der Waals surface area contributed by atoms with E-state index in [1.165, 1.54) is 0 Å².